The van der Waals surface area contributed by atoms with E-state index in [9.17, 15) is 4.21 Å². The molecule has 4 heteroatoms. The topological polar surface area (TPSA) is 40.5 Å². The predicted octanol–water partition coefficient (Wildman–Crippen LogP) is 1.54. The lowest BCUT2D eigenvalue weighted by molar-refractivity contribution is 0.311. The molecular weight excluding hydrogens is 198 g/mol. The molecule has 0 fully saturated rings. The summed E-state index contributed by atoms with van der Waals surface area (Å²) in [5.74, 6) is 4.23. The van der Waals surface area contributed by atoms with Crippen molar-refractivity contribution in [3.63, 3.8) is 0 Å². The van der Waals surface area contributed by atoms with E-state index in [1.165, 1.54) is 6.42 Å². The van der Waals surface area contributed by atoms with Crippen molar-refractivity contribution < 1.29 is 8.76 Å². The molecule has 0 aromatic rings. The fraction of sp³-hybridized carbons (Fsp3) is 0.900. The molecule has 0 aliphatic carbocycles. The zero-order valence-corrected chi connectivity index (χ0v) is 10.3. The lowest BCUT2D eigenvalue weighted by Crippen LogP contribution is -2.23. The van der Waals surface area contributed by atoms with E-state index in [1.54, 1.807) is 0 Å². The van der Waals surface area contributed by atoms with Gasteiger partial charge in [-0.15, -0.1) is 0 Å². The van der Waals surface area contributed by atoms with Crippen molar-refractivity contribution in [2.45, 2.75) is 26.7 Å². The van der Waals surface area contributed by atoms with Gasteiger partial charge in [0.25, 0.3) is 0 Å². The molecule has 0 spiro atoms. The molecule has 0 bridgehead atoms. The van der Waals surface area contributed by atoms with Crippen molar-refractivity contribution >= 4 is 15.7 Å². The number of hydrogen-bond donors (Lipinski definition) is 1. The normalized spacial score (nSPS) is 16.1. The van der Waals surface area contributed by atoms with Crippen LogP contribution < -0.4 is 0 Å². The summed E-state index contributed by atoms with van der Waals surface area (Å²) in [5.41, 5.74) is 0. The van der Waals surface area contributed by atoms with E-state index < -0.39 is 9.80 Å². The molecule has 3 nitrogen and oxygen atoms in total. The average Bonchev–Trinajstić information content (AvgIpc) is 1.98. The van der Waals surface area contributed by atoms with E-state index in [0.717, 1.165) is 19.5 Å². The molecule has 0 aromatic heterocycles. The summed E-state index contributed by atoms with van der Waals surface area (Å²) < 4.78 is 19.8. The molecule has 86 valence electrons. The van der Waals surface area contributed by atoms with E-state index >= 15 is 0 Å². The Bertz CT molecular complexity index is 235. The van der Waals surface area contributed by atoms with Crippen LogP contribution in [0.3, 0.4) is 0 Å². The first kappa shape index (κ1) is 13.9. The minimum Gasteiger partial charge on any atom is -0.314 e. The first-order valence-electron chi connectivity index (χ1n) is 5.07. The van der Waals surface area contributed by atoms with E-state index in [1.807, 2.05) is 7.05 Å². The van der Waals surface area contributed by atoms with Gasteiger partial charge in [-0.1, -0.05) is 13.8 Å². The first-order chi connectivity index (χ1) is 6.31. The second-order valence-electron chi connectivity index (χ2n) is 4.32. The Balaban J connectivity index is 3.50. The summed E-state index contributed by atoms with van der Waals surface area (Å²) in [7, 11) is -0.731. The van der Waals surface area contributed by atoms with E-state index in [-0.39, 0.29) is 0 Å². The van der Waals surface area contributed by atoms with Crippen LogP contribution in [0.25, 0.3) is 0 Å². The van der Waals surface area contributed by atoms with Crippen molar-refractivity contribution in [1.29, 1.82) is 0 Å². The smallest absolute Gasteiger partial charge is 0.0746 e. The van der Waals surface area contributed by atoms with Crippen molar-refractivity contribution in [3.8, 4) is 0 Å². The Kier molecular flexibility index (Phi) is 6.40. The van der Waals surface area contributed by atoms with E-state index in [2.05, 4.69) is 24.6 Å². The summed E-state index contributed by atoms with van der Waals surface area (Å²) in [5, 5.41) is 0. The molecule has 0 rings (SSSR count). The highest BCUT2D eigenvalue weighted by molar-refractivity contribution is 7.95. The summed E-state index contributed by atoms with van der Waals surface area (Å²) in [6, 6.07) is 0. The number of rotatable bonds is 7. The quantitative estimate of drug-likeness (QED) is 0.663. The Labute approximate surface area is 88.3 Å². The number of nitrogens with zero attached hydrogens (tertiary/aromatic N) is 1. The Hall–Kier alpha value is -0.0600. The molecule has 14 heavy (non-hydrogen) atoms. The van der Waals surface area contributed by atoms with Gasteiger partial charge in [0.05, 0.1) is 9.80 Å². The largest absolute Gasteiger partial charge is 0.314 e. The van der Waals surface area contributed by atoms with Gasteiger partial charge in [0.15, 0.2) is 0 Å². The zero-order chi connectivity index (χ0) is 11.2. The fourth-order valence-electron chi connectivity index (χ4n) is 1.15. The highest BCUT2D eigenvalue weighted by Crippen LogP contribution is 2.01. The molecule has 1 N–H and O–H groups in total. The third-order valence-electron chi connectivity index (χ3n) is 2.09. The second kappa shape index (κ2) is 6.43. The molecule has 1 unspecified atom stereocenters. The van der Waals surface area contributed by atoms with Crippen LogP contribution in [0.5, 0.6) is 0 Å². The average molecular weight is 221 g/mol. The standard InChI is InChI=1S/C10H23NO2S/c1-10(2)6-8-11(3)7-5-9-14(4,12)13/h10H,4-9H2,1-3H3,(H,12,13). The van der Waals surface area contributed by atoms with E-state index in [4.69, 9.17) is 4.55 Å². The van der Waals surface area contributed by atoms with Crippen LogP contribution in [0.4, 0.5) is 0 Å². The van der Waals surface area contributed by atoms with Gasteiger partial charge in [-0.2, -0.15) is 0 Å². The summed E-state index contributed by atoms with van der Waals surface area (Å²) in [6.07, 6.45) is 1.92. The molecule has 0 aliphatic rings. The minimum absolute atomic E-state index is 0.305. The zero-order valence-electron chi connectivity index (χ0n) is 9.53. The van der Waals surface area contributed by atoms with Crippen LogP contribution >= 0.6 is 0 Å². The molecule has 0 radical (unpaired) electrons. The number of hydrogen-bond acceptors (Lipinski definition) is 2. The van der Waals surface area contributed by atoms with Crippen molar-refractivity contribution in [1.82, 2.24) is 4.90 Å². The lowest BCUT2D eigenvalue weighted by atomic mass is 10.1. The van der Waals surface area contributed by atoms with Gasteiger partial charge in [0, 0.05) is 5.75 Å². The van der Waals surface area contributed by atoms with Crippen LogP contribution in [0.15, 0.2) is 0 Å². The highest BCUT2D eigenvalue weighted by Gasteiger charge is 2.02. The summed E-state index contributed by atoms with van der Waals surface area (Å²) in [4.78, 5) is 2.20. The maximum Gasteiger partial charge on any atom is 0.0746 e. The summed E-state index contributed by atoms with van der Waals surface area (Å²) in [6.45, 7) is 6.33. The molecule has 0 heterocycles. The van der Waals surface area contributed by atoms with E-state index in [0.29, 0.717) is 11.7 Å². The maximum atomic E-state index is 10.9. The molecule has 0 aromatic carbocycles. The molecule has 0 saturated heterocycles. The van der Waals surface area contributed by atoms with Gasteiger partial charge in [-0.05, 0) is 44.8 Å². The van der Waals surface area contributed by atoms with Crippen molar-refractivity contribution in [2.24, 2.45) is 5.92 Å². The summed E-state index contributed by atoms with van der Waals surface area (Å²) >= 11 is 0. The third-order valence-corrected chi connectivity index (χ3v) is 3.02. The van der Waals surface area contributed by atoms with Crippen molar-refractivity contribution in [2.75, 3.05) is 25.9 Å². The van der Waals surface area contributed by atoms with Gasteiger partial charge < -0.3 is 9.45 Å². The SMILES string of the molecule is C=S(=O)(O)CCCN(C)CCC(C)C. The van der Waals surface area contributed by atoms with Gasteiger partial charge in [-0.25, -0.2) is 4.21 Å². The van der Waals surface area contributed by atoms with Crippen molar-refractivity contribution in [3.05, 3.63) is 0 Å². The monoisotopic (exact) mass is 221 g/mol. The lowest BCUT2D eigenvalue weighted by Gasteiger charge is -2.17. The molecular formula is C10H23NO2S. The third kappa shape index (κ3) is 10.0. The molecule has 1 atom stereocenters. The van der Waals surface area contributed by atoms with Crippen LogP contribution in [0.1, 0.15) is 26.7 Å². The second-order valence-corrected chi connectivity index (χ2v) is 6.27. The van der Waals surface area contributed by atoms with Crippen LogP contribution in [0.2, 0.25) is 0 Å². The predicted molar refractivity (Wildman–Crippen MR) is 64.3 cm³/mol. The highest BCUT2D eigenvalue weighted by atomic mass is 32.2. The van der Waals surface area contributed by atoms with Crippen LogP contribution in [0, 0.1) is 5.92 Å². The Morgan fingerprint density at radius 3 is 2.43 bits per heavy atom. The maximum absolute atomic E-state index is 10.9. The van der Waals surface area contributed by atoms with Crippen LogP contribution in [-0.2, 0) is 9.80 Å². The molecule has 0 saturated carbocycles. The van der Waals surface area contributed by atoms with Gasteiger partial charge in [0.1, 0.15) is 0 Å². The Morgan fingerprint density at radius 1 is 1.43 bits per heavy atom. The molecule has 0 aliphatic heterocycles. The van der Waals surface area contributed by atoms with Gasteiger partial charge in [0.2, 0.25) is 0 Å². The Morgan fingerprint density at radius 2 is 2.00 bits per heavy atom. The fourth-order valence-corrected chi connectivity index (χ4v) is 1.73. The first-order valence-corrected chi connectivity index (χ1v) is 6.92. The molecule has 0 amide bonds. The minimum atomic E-state index is -2.78. The van der Waals surface area contributed by atoms with Crippen LogP contribution in [-0.4, -0.2) is 45.4 Å². The van der Waals surface area contributed by atoms with Gasteiger partial charge >= 0.3 is 0 Å². The van der Waals surface area contributed by atoms with Gasteiger partial charge in [-0.3, -0.25) is 0 Å².